The summed E-state index contributed by atoms with van der Waals surface area (Å²) in [7, 11) is 0. The van der Waals surface area contributed by atoms with Crippen LogP contribution in [0.15, 0.2) is 36.0 Å². The van der Waals surface area contributed by atoms with Crippen LogP contribution in [0.3, 0.4) is 0 Å². The van der Waals surface area contributed by atoms with Gasteiger partial charge in [-0.05, 0) is 25.3 Å². The second kappa shape index (κ2) is 7.13. The molecule has 1 saturated heterocycles. The van der Waals surface area contributed by atoms with Crippen LogP contribution in [-0.2, 0) is 0 Å². The van der Waals surface area contributed by atoms with Gasteiger partial charge in [0.1, 0.15) is 0 Å². The zero-order valence-electron chi connectivity index (χ0n) is 12.9. The van der Waals surface area contributed by atoms with Crippen LogP contribution < -0.4 is 5.32 Å². The molecule has 2 bridgehead atoms. The van der Waals surface area contributed by atoms with Crippen molar-refractivity contribution in [3.05, 3.63) is 36.0 Å². The molecular formula is C19H21N3. The lowest BCUT2D eigenvalue weighted by Gasteiger charge is -2.35. The summed E-state index contributed by atoms with van der Waals surface area (Å²) >= 11 is 0. The quantitative estimate of drug-likeness (QED) is 0.480. The number of allylic oxidation sites excluding steroid dienone is 4. The summed E-state index contributed by atoms with van der Waals surface area (Å²) in [5.41, 5.74) is -0.186. The molecule has 2 heterocycles. The summed E-state index contributed by atoms with van der Waals surface area (Å²) in [5.74, 6) is 2.80. The smallest absolute Gasteiger partial charge is 0.168 e. The molecule has 0 amide bonds. The molecule has 2 aliphatic heterocycles. The molecule has 3 heteroatoms. The molecule has 0 aliphatic carbocycles. The lowest BCUT2D eigenvalue weighted by molar-refractivity contribution is 0.372. The van der Waals surface area contributed by atoms with Gasteiger partial charge in [-0.1, -0.05) is 30.4 Å². The normalized spacial score (nSPS) is 27.4. The number of fused-ring (bicyclic) bond motifs is 2. The van der Waals surface area contributed by atoms with Gasteiger partial charge in [0.05, 0.1) is 12.1 Å². The maximum atomic E-state index is 9.73. The lowest BCUT2D eigenvalue weighted by atomic mass is 9.69. The first-order chi connectivity index (χ1) is 10.7. The molecule has 2 aliphatic rings. The number of nitrogens with zero attached hydrogens (tertiary/aromatic N) is 2. The van der Waals surface area contributed by atoms with E-state index in [-0.39, 0.29) is 12.0 Å². The number of rotatable bonds is 5. The van der Waals surface area contributed by atoms with Gasteiger partial charge in [-0.3, -0.25) is 0 Å². The molecule has 1 fully saturated rings. The van der Waals surface area contributed by atoms with Crippen molar-refractivity contribution in [1.82, 2.24) is 5.32 Å². The van der Waals surface area contributed by atoms with Crippen molar-refractivity contribution >= 4 is 0 Å². The largest absolute Gasteiger partial charge is 0.307 e. The molecule has 0 aromatic rings. The van der Waals surface area contributed by atoms with E-state index in [2.05, 4.69) is 29.5 Å². The van der Waals surface area contributed by atoms with E-state index in [1.54, 1.807) is 0 Å². The van der Waals surface area contributed by atoms with E-state index < -0.39 is 5.41 Å². The predicted molar refractivity (Wildman–Crippen MR) is 87.2 cm³/mol. The van der Waals surface area contributed by atoms with Gasteiger partial charge in [0, 0.05) is 30.8 Å². The van der Waals surface area contributed by atoms with Crippen molar-refractivity contribution in [2.24, 2.45) is 11.3 Å². The first-order valence-corrected chi connectivity index (χ1v) is 7.72. The molecule has 3 nitrogen and oxygen atoms in total. The van der Waals surface area contributed by atoms with Crippen LogP contribution in [-0.4, -0.2) is 12.1 Å². The van der Waals surface area contributed by atoms with Crippen molar-refractivity contribution in [2.75, 3.05) is 0 Å². The van der Waals surface area contributed by atoms with Crippen molar-refractivity contribution in [2.45, 2.75) is 44.7 Å². The minimum atomic E-state index is -1.11. The number of nitriles is 2. The molecule has 2 rings (SSSR count). The molecule has 1 N–H and O–H groups in total. The second-order valence-electron chi connectivity index (χ2n) is 5.88. The summed E-state index contributed by atoms with van der Waals surface area (Å²) in [6.45, 7) is 1.93. The van der Waals surface area contributed by atoms with Crippen molar-refractivity contribution in [3.8, 4) is 24.5 Å². The SMILES string of the molecule is C#CC[C@@H]1C(C(C#N)(C#N)C/C=C/C=C/C)=C[C@H]2CC[C@@H]1N2. The Morgan fingerprint density at radius 2 is 2.14 bits per heavy atom. The zero-order valence-corrected chi connectivity index (χ0v) is 12.9. The predicted octanol–water partition coefficient (Wildman–Crippen LogP) is 3.24. The molecular weight excluding hydrogens is 270 g/mol. The topological polar surface area (TPSA) is 59.6 Å². The molecule has 0 unspecified atom stereocenters. The van der Waals surface area contributed by atoms with Gasteiger partial charge in [0.2, 0.25) is 0 Å². The zero-order chi connectivity index (χ0) is 16.0. The van der Waals surface area contributed by atoms with E-state index in [0.717, 1.165) is 18.4 Å². The summed E-state index contributed by atoms with van der Waals surface area (Å²) in [6.07, 6.45) is 18.3. The standard InChI is InChI=1S/C19H21N3/c1-3-5-6-7-11-19(13-20,14-21)17-12-15-9-10-18(22-15)16(17)8-4-2/h2-3,5-7,12,15-16,18,22H,8-11H2,1H3/b5-3+,7-6+/t15-,16-,18+/m1/s1. The van der Waals surface area contributed by atoms with Crippen molar-refractivity contribution < 1.29 is 0 Å². The first kappa shape index (κ1) is 16.1. The Labute approximate surface area is 133 Å². The molecule has 0 saturated carbocycles. The molecule has 0 spiro atoms. The van der Waals surface area contributed by atoms with Crippen LogP contribution >= 0.6 is 0 Å². The average Bonchev–Trinajstić information content (AvgIpc) is 2.94. The monoisotopic (exact) mass is 291 g/mol. The third-order valence-electron chi connectivity index (χ3n) is 4.56. The number of terminal acetylenes is 1. The van der Waals surface area contributed by atoms with E-state index >= 15 is 0 Å². The summed E-state index contributed by atoms with van der Waals surface area (Å²) in [4.78, 5) is 0. The highest BCUT2D eigenvalue weighted by Gasteiger charge is 2.45. The van der Waals surface area contributed by atoms with E-state index in [0.29, 0.717) is 18.9 Å². The van der Waals surface area contributed by atoms with Gasteiger partial charge in [0.25, 0.3) is 0 Å². The Hall–Kier alpha value is -2.28. The highest BCUT2D eigenvalue weighted by Crippen LogP contribution is 2.44. The fraction of sp³-hybridized carbons (Fsp3) is 0.474. The summed E-state index contributed by atoms with van der Waals surface area (Å²) in [5, 5.41) is 23.0. The Kier molecular flexibility index (Phi) is 5.21. The van der Waals surface area contributed by atoms with Gasteiger partial charge in [0.15, 0.2) is 5.41 Å². The molecule has 0 aromatic carbocycles. The van der Waals surface area contributed by atoms with Crippen LogP contribution in [0.2, 0.25) is 0 Å². The lowest BCUT2D eigenvalue weighted by Crippen LogP contribution is -2.43. The first-order valence-electron chi connectivity index (χ1n) is 7.72. The maximum absolute atomic E-state index is 9.73. The molecule has 0 aromatic heterocycles. The Bertz CT molecular complexity index is 605. The van der Waals surface area contributed by atoms with Crippen LogP contribution in [0.5, 0.6) is 0 Å². The number of nitrogens with one attached hydrogen (secondary N) is 1. The highest BCUT2D eigenvalue weighted by atomic mass is 15.0. The number of hydrogen-bond donors (Lipinski definition) is 1. The molecule has 112 valence electrons. The number of hydrogen-bond acceptors (Lipinski definition) is 3. The highest BCUT2D eigenvalue weighted by molar-refractivity contribution is 5.40. The van der Waals surface area contributed by atoms with Crippen LogP contribution in [0.25, 0.3) is 0 Å². The molecule has 3 atom stereocenters. The summed E-state index contributed by atoms with van der Waals surface area (Å²) < 4.78 is 0. The van der Waals surface area contributed by atoms with Gasteiger partial charge < -0.3 is 5.32 Å². The Balaban J connectivity index is 2.36. The third-order valence-corrected chi connectivity index (χ3v) is 4.56. The van der Waals surface area contributed by atoms with Gasteiger partial charge >= 0.3 is 0 Å². The molecule has 22 heavy (non-hydrogen) atoms. The molecule has 0 radical (unpaired) electrons. The van der Waals surface area contributed by atoms with E-state index in [9.17, 15) is 10.5 Å². The summed E-state index contributed by atoms with van der Waals surface area (Å²) in [6, 6.07) is 5.10. The van der Waals surface area contributed by atoms with Crippen molar-refractivity contribution in [3.63, 3.8) is 0 Å². The van der Waals surface area contributed by atoms with Crippen LogP contribution in [0, 0.1) is 46.3 Å². The second-order valence-corrected chi connectivity index (χ2v) is 5.88. The van der Waals surface area contributed by atoms with E-state index in [1.807, 2.05) is 31.2 Å². The van der Waals surface area contributed by atoms with Crippen LogP contribution in [0.1, 0.15) is 32.6 Å². The van der Waals surface area contributed by atoms with Crippen molar-refractivity contribution in [1.29, 1.82) is 10.5 Å². The fourth-order valence-corrected chi connectivity index (χ4v) is 3.44. The Morgan fingerprint density at radius 1 is 1.36 bits per heavy atom. The van der Waals surface area contributed by atoms with Crippen LogP contribution in [0.4, 0.5) is 0 Å². The Morgan fingerprint density at radius 3 is 2.77 bits per heavy atom. The minimum Gasteiger partial charge on any atom is -0.307 e. The average molecular weight is 291 g/mol. The maximum Gasteiger partial charge on any atom is 0.168 e. The fourth-order valence-electron chi connectivity index (χ4n) is 3.44. The van der Waals surface area contributed by atoms with Gasteiger partial charge in [-0.2, -0.15) is 10.5 Å². The van der Waals surface area contributed by atoms with Gasteiger partial charge in [-0.15, -0.1) is 12.3 Å². The van der Waals surface area contributed by atoms with E-state index in [1.165, 1.54) is 0 Å². The minimum absolute atomic E-state index is 0.0816. The van der Waals surface area contributed by atoms with Gasteiger partial charge in [-0.25, -0.2) is 0 Å². The van der Waals surface area contributed by atoms with E-state index in [4.69, 9.17) is 6.42 Å². The third kappa shape index (κ3) is 2.99.